The number of ether oxygens (including phenoxy) is 1. The smallest absolute Gasteiger partial charge is 0.0590 e. The molecule has 0 amide bonds. The first-order chi connectivity index (χ1) is 65.8. The molecule has 0 heterocycles. The van der Waals surface area contributed by atoms with Gasteiger partial charge in [0.2, 0.25) is 0 Å². The van der Waals surface area contributed by atoms with Gasteiger partial charge in [0.1, 0.15) is 0 Å². The van der Waals surface area contributed by atoms with E-state index in [0.29, 0.717) is 54.4 Å². The predicted molar refractivity (Wildman–Crippen MR) is 653 cm³/mol. The van der Waals surface area contributed by atoms with Gasteiger partial charge < -0.3 is 52.6 Å². The van der Waals surface area contributed by atoms with Crippen molar-refractivity contribution >= 4 is 22.7 Å². The molecule has 0 atom stereocenters. The number of nitrogens with one attached hydrogen (secondary N) is 9. The monoisotopic (exact) mass is 1920 g/mol. The highest BCUT2D eigenvalue weighted by Gasteiger charge is 1.99. The largest absolute Gasteiger partial charge is 0.383 e. The minimum Gasteiger partial charge on any atom is -0.383 e. The van der Waals surface area contributed by atoms with Crippen molar-refractivity contribution in [3.8, 4) is 0 Å². The lowest BCUT2D eigenvalue weighted by Crippen LogP contribution is -2.26. The summed E-state index contributed by atoms with van der Waals surface area (Å²) in [5.74, 6) is 0. The maximum Gasteiger partial charge on any atom is 0.0590 e. The fourth-order valence-electron chi connectivity index (χ4n) is 7.81. The zero-order valence-electron chi connectivity index (χ0n) is 102. The topological polar surface area (TPSA) is 118 Å². The quantitative estimate of drug-likeness (QED) is 0.0243. The molecule has 8 aromatic rings. The van der Waals surface area contributed by atoms with Crippen LogP contribution in [0.1, 0.15) is 453 Å². The van der Waals surface area contributed by atoms with Crippen LogP contribution in [0, 0.1) is 0 Å². The average molecular weight is 1920 g/mol. The third-order valence-electron chi connectivity index (χ3n) is 12.3. The number of rotatable bonds is 26. The summed E-state index contributed by atoms with van der Waals surface area (Å²) in [4.78, 5) is 0. The van der Waals surface area contributed by atoms with E-state index in [-0.39, 0.29) is 0 Å². The molecule has 0 saturated heterocycles. The van der Waals surface area contributed by atoms with Gasteiger partial charge in [-0.15, -0.1) is 0 Å². The molecular weight excluding hydrogens is 1670 g/mol. The molecule has 137 heavy (non-hydrogen) atoms. The molecule has 10 nitrogen and oxygen atoms in total. The molecule has 0 fully saturated rings. The molecule has 0 bridgehead atoms. The normalized spacial score (nSPS) is 8.57. The van der Waals surface area contributed by atoms with Gasteiger partial charge in [0.05, 0.1) is 6.61 Å². The predicted octanol–water partition coefficient (Wildman–Crippen LogP) is 41.1. The van der Waals surface area contributed by atoms with Crippen LogP contribution in [0.5, 0.6) is 0 Å². The molecule has 0 aromatic heterocycles. The minimum atomic E-state index is 0.516. The van der Waals surface area contributed by atoms with E-state index >= 15 is 0 Å². The molecule has 0 aliphatic heterocycles. The Balaban J connectivity index is -0.0000000691. The summed E-state index contributed by atoms with van der Waals surface area (Å²) in [6.45, 7) is 118. The van der Waals surface area contributed by atoms with Gasteiger partial charge >= 0.3 is 0 Å². The first kappa shape index (κ1) is 172. The highest BCUT2D eigenvalue weighted by Crippen LogP contribution is 2.10. The Morgan fingerprint density at radius 3 is 0.401 bits per heavy atom. The van der Waals surface area contributed by atoms with Gasteiger partial charge in [-0.1, -0.05) is 563 Å². The highest BCUT2D eigenvalue weighted by molar-refractivity contribution is 5.45. The lowest BCUT2D eigenvalue weighted by Gasteiger charge is -2.08. The molecule has 0 aliphatic carbocycles. The Morgan fingerprint density at radius 2 is 0.292 bits per heavy atom. The second-order valence-corrected chi connectivity index (χ2v) is 31.8. The van der Waals surface area contributed by atoms with Crippen LogP contribution in [-0.4, -0.2) is 74.1 Å². The van der Waals surface area contributed by atoms with Gasteiger partial charge in [0.25, 0.3) is 0 Å². The molecular formula is C127H251N9O. The second-order valence-electron chi connectivity index (χ2n) is 31.8. The Morgan fingerprint density at radius 1 is 0.168 bits per heavy atom. The van der Waals surface area contributed by atoms with E-state index in [2.05, 4.69) is 450 Å². The van der Waals surface area contributed by atoms with E-state index in [9.17, 15) is 0 Å². The van der Waals surface area contributed by atoms with Crippen LogP contribution in [0.25, 0.3) is 0 Å². The number of para-hydroxylation sites is 4. The third kappa shape index (κ3) is 208. The van der Waals surface area contributed by atoms with Crippen molar-refractivity contribution in [1.82, 2.24) is 26.6 Å². The molecule has 8 aromatic carbocycles. The van der Waals surface area contributed by atoms with Crippen LogP contribution >= 0.6 is 0 Å². The van der Waals surface area contributed by atoms with E-state index in [1.807, 2.05) is 208 Å². The summed E-state index contributed by atoms with van der Waals surface area (Å²) < 4.78 is 5.27. The summed E-state index contributed by atoms with van der Waals surface area (Å²) in [7, 11) is 0. The fraction of sp³-hybridized carbons (Fsp3) is 0.622. The molecule has 10 heteroatoms. The standard InChI is InChI=1S/4C10H15N.4C9H13N.C8H19NO.9C3H8.8C2H6/c4*1-9(2)11-8-10-6-4-3-5-7-10;4*1-8(2)10-9-6-4-3-5-7-9;1-4-6-10-7-5-9-8(2)3;9*1-3-2;8*1-2/h4*3-7,9,11H,8H2,1-2H3;4*3-8,10H,1-2H3;8-9H,4-7H2,1-3H3;9*3H2,1-2H3;8*1-2H3. The number of hydrogen-bond donors (Lipinski definition) is 9. The molecule has 0 spiro atoms. The Bertz CT molecular complexity index is 2540. The van der Waals surface area contributed by atoms with E-state index < -0.39 is 0 Å². The second kappa shape index (κ2) is 171. The van der Waals surface area contributed by atoms with Gasteiger partial charge in [-0.3, -0.25) is 0 Å². The van der Waals surface area contributed by atoms with E-state index in [1.165, 1.54) is 103 Å². The number of hydrogen-bond acceptors (Lipinski definition) is 10. The van der Waals surface area contributed by atoms with Crippen LogP contribution in [0.3, 0.4) is 0 Å². The van der Waals surface area contributed by atoms with E-state index in [1.54, 1.807) is 0 Å². The number of anilines is 4. The molecule has 0 saturated carbocycles. The van der Waals surface area contributed by atoms with Crippen LogP contribution in [-0.2, 0) is 30.9 Å². The lowest BCUT2D eigenvalue weighted by atomic mass is 10.2. The van der Waals surface area contributed by atoms with E-state index in [0.717, 1.165) is 52.4 Å². The van der Waals surface area contributed by atoms with Gasteiger partial charge in [-0.2, -0.15) is 0 Å². The van der Waals surface area contributed by atoms with Gasteiger partial charge in [-0.05, 0) is 133 Å². The van der Waals surface area contributed by atoms with Crippen molar-refractivity contribution in [3.63, 3.8) is 0 Å². The van der Waals surface area contributed by atoms with Crippen molar-refractivity contribution < 1.29 is 4.74 Å². The SMILES string of the molecule is CC.CC.CC.CC.CC.CC.CC.CC.CC(C)NCc1ccccc1.CC(C)NCc1ccccc1.CC(C)NCc1ccccc1.CC(C)NCc1ccccc1.CC(C)Nc1ccccc1.CC(C)Nc1ccccc1.CC(C)Nc1ccccc1.CC(C)Nc1ccccc1.CCC.CCC.CCC.CCC.CCC.CCC.CCC.CCC.CCC.CCCOCCNC(C)C. The molecule has 0 aliphatic rings. The van der Waals surface area contributed by atoms with Gasteiger partial charge in [0.15, 0.2) is 0 Å². The van der Waals surface area contributed by atoms with Gasteiger partial charge in [0, 0.05) is 116 Å². The maximum absolute atomic E-state index is 5.27. The van der Waals surface area contributed by atoms with Crippen molar-refractivity contribution in [2.45, 2.75) is 512 Å². The van der Waals surface area contributed by atoms with Crippen LogP contribution in [0.2, 0.25) is 0 Å². The number of benzene rings is 8. The molecule has 8 rings (SSSR count). The van der Waals surface area contributed by atoms with Crippen molar-refractivity contribution in [2.75, 3.05) is 41.0 Å². The van der Waals surface area contributed by atoms with Crippen LogP contribution in [0.4, 0.5) is 22.7 Å². The van der Waals surface area contributed by atoms with Crippen LogP contribution < -0.4 is 47.9 Å². The molecule has 9 N–H and O–H groups in total. The molecule has 0 radical (unpaired) electrons. The van der Waals surface area contributed by atoms with Crippen molar-refractivity contribution in [1.29, 1.82) is 0 Å². The van der Waals surface area contributed by atoms with Crippen molar-refractivity contribution in [3.05, 3.63) is 265 Å². The first-order valence-electron chi connectivity index (χ1n) is 55.5. The summed E-state index contributed by atoms with van der Waals surface area (Å²) in [5, 5.41) is 29.9. The maximum atomic E-state index is 5.27. The molecule has 810 valence electrons. The fourth-order valence-corrected chi connectivity index (χ4v) is 7.81. The first-order valence-corrected chi connectivity index (χ1v) is 55.5. The zero-order chi connectivity index (χ0) is 110. The summed E-state index contributed by atoms with van der Waals surface area (Å²) in [5.41, 5.74) is 10.2. The Labute approximate surface area is 866 Å². The summed E-state index contributed by atoms with van der Waals surface area (Å²) in [6, 6.07) is 87.6. The lowest BCUT2D eigenvalue weighted by molar-refractivity contribution is 0.135. The Hall–Kier alpha value is -7.28. The Kier molecular flexibility index (Phi) is 215. The summed E-state index contributed by atoms with van der Waals surface area (Å²) >= 11 is 0. The average Bonchev–Trinajstić information content (AvgIpc) is 0.843. The third-order valence-corrected chi connectivity index (χ3v) is 12.3. The summed E-state index contributed by atoms with van der Waals surface area (Å²) in [6.07, 6.45) is 12.4. The highest BCUT2D eigenvalue weighted by atomic mass is 16.5. The van der Waals surface area contributed by atoms with Gasteiger partial charge in [-0.25, -0.2) is 0 Å². The van der Waals surface area contributed by atoms with E-state index in [4.69, 9.17) is 4.74 Å². The zero-order valence-corrected chi connectivity index (χ0v) is 102. The minimum absolute atomic E-state index is 0.516. The molecule has 0 unspecified atom stereocenters. The van der Waals surface area contributed by atoms with Crippen molar-refractivity contribution in [2.24, 2.45) is 0 Å². The van der Waals surface area contributed by atoms with Crippen LogP contribution in [0.15, 0.2) is 243 Å².